The first kappa shape index (κ1) is 12.9. The fourth-order valence-corrected chi connectivity index (χ4v) is 0.645. The van der Waals surface area contributed by atoms with Gasteiger partial charge in [-0.15, -0.1) is 0 Å². The normalized spacial score (nSPS) is 20.1. The molecule has 0 amide bonds. The summed E-state index contributed by atoms with van der Waals surface area (Å²) in [4.78, 5) is 8.90. The van der Waals surface area contributed by atoms with Gasteiger partial charge in [0.25, 0.3) is 0 Å². The number of nitrogens with one attached hydrogen (secondary N) is 1. The molecule has 0 saturated carbocycles. The SMILES string of the molecule is O=C(O)C(F)(F)F.OC[C@H]1C=CCN1. The third-order valence-corrected chi connectivity index (χ3v) is 1.31. The first-order chi connectivity index (χ1) is 6.38. The van der Waals surface area contributed by atoms with Crippen LogP contribution in [0.1, 0.15) is 0 Å². The molecule has 1 atom stereocenters. The summed E-state index contributed by atoms with van der Waals surface area (Å²) >= 11 is 0. The highest BCUT2D eigenvalue weighted by molar-refractivity contribution is 5.73. The molecule has 0 aromatic rings. The third kappa shape index (κ3) is 5.55. The Hall–Kier alpha value is -1.08. The van der Waals surface area contributed by atoms with E-state index in [0.29, 0.717) is 0 Å². The van der Waals surface area contributed by atoms with E-state index in [0.717, 1.165) is 6.54 Å². The third-order valence-electron chi connectivity index (χ3n) is 1.31. The number of aliphatic carboxylic acids is 1. The molecule has 0 bridgehead atoms. The van der Waals surface area contributed by atoms with E-state index in [1.165, 1.54) is 0 Å². The zero-order valence-electron chi connectivity index (χ0n) is 7.08. The summed E-state index contributed by atoms with van der Waals surface area (Å²) in [5, 5.41) is 18.6. The molecule has 0 aromatic carbocycles. The van der Waals surface area contributed by atoms with E-state index >= 15 is 0 Å². The molecule has 14 heavy (non-hydrogen) atoms. The quantitative estimate of drug-likeness (QED) is 0.542. The molecule has 4 nitrogen and oxygen atoms in total. The Morgan fingerprint density at radius 1 is 1.57 bits per heavy atom. The van der Waals surface area contributed by atoms with Crippen molar-refractivity contribution in [3.05, 3.63) is 12.2 Å². The van der Waals surface area contributed by atoms with Crippen molar-refractivity contribution in [3.8, 4) is 0 Å². The molecule has 0 radical (unpaired) electrons. The molecule has 0 aliphatic carbocycles. The Morgan fingerprint density at radius 2 is 2.07 bits per heavy atom. The van der Waals surface area contributed by atoms with Gasteiger partial charge in [0, 0.05) is 12.6 Å². The molecular weight excluding hydrogens is 203 g/mol. The number of hydrogen-bond donors (Lipinski definition) is 3. The fourth-order valence-electron chi connectivity index (χ4n) is 0.645. The first-order valence-corrected chi connectivity index (χ1v) is 3.69. The highest BCUT2D eigenvalue weighted by Gasteiger charge is 2.38. The molecule has 82 valence electrons. The zero-order valence-corrected chi connectivity index (χ0v) is 7.08. The van der Waals surface area contributed by atoms with E-state index in [1.54, 1.807) is 0 Å². The van der Waals surface area contributed by atoms with Crippen molar-refractivity contribution in [2.75, 3.05) is 13.2 Å². The van der Waals surface area contributed by atoms with Gasteiger partial charge in [0.1, 0.15) is 0 Å². The molecule has 3 N–H and O–H groups in total. The average Bonchev–Trinajstić information content (AvgIpc) is 2.54. The van der Waals surface area contributed by atoms with Gasteiger partial charge in [-0.05, 0) is 0 Å². The largest absolute Gasteiger partial charge is 0.490 e. The highest BCUT2D eigenvalue weighted by atomic mass is 19.4. The van der Waals surface area contributed by atoms with E-state index < -0.39 is 12.1 Å². The van der Waals surface area contributed by atoms with Crippen LogP contribution in [0.2, 0.25) is 0 Å². The Balaban J connectivity index is 0.000000241. The zero-order chi connectivity index (χ0) is 11.2. The van der Waals surface area contributed by atoms with Crippen molar-refractivity contribution >= 4 is 5.97 Å². The highest BCUT2D eigenvalue weighted by Crippen LogP contribution is 2.13. The fraction of sp³-hybridized carbons (Fsp3) is 0.571. The van der Waals surface area contributed by atoms with Crippen molar-refractivity contribution in [3.63, 3.8) is 0 Å². The van der Waals surface area contributed by atoms with Crippen molar-refractivity contribution in [2.45, 2.75) is 12.2 Å². The lowest BCUT2D eigenvalue weighted by molar-refractivity contribution is -0.192. The molecule has 0 spiro atoms. The summed E-state index contributed by atoms with van der Waals surface area (Å²) in [6.45, 7) is 1.13. The summed E-state index contributed by atoms with van der Waals surface area (Å²) < 4.78 is 31.7. The van der Waals surface area contributed by atoms with Crippen LogP contribution in [-0.2, 0) is 4.79 Å². The predicted molar refractivity (Wildman–Crippen MR) is 41.7 cm³/mol. The van der Waals surface area contributed by atoms with E-state index in [1.807, 2.05) is 12.2 Å². The Morgan fingerprint density at radius 3 is 2.21 bits per heavy atom. The van der Waals surface area contributed by atoms with Gasteiger partial charge in [-0.25, -0.2) is 4.79 Å². The smallest absolute Gasteiger partial charge is 0.475 e. The second kappa shape index (κ2) is 5.61. The standard InChI is InChI=1S/C5H9NO.C2HF3O2/c7-4-5-2-1-3-6-5;3-2(4,5)1(6)7/h1-2,5-7H,3-4H2;(H,6,7)/t5-;/m1./s1. The number of aliphatic hydroxyl groups excluding tert-OH is 1. The van der Waals surface area contributed by atoms with Crippen LogP contribution in [0.25, 0.3) is 0 Å². The molecule has 1 aliphatic rings. The van der Waals surface area contributed by atoms with Crippen LogP contribution in [0.15, 0.2) is 12.2 Å². The Bertz CT molecular complexity index is 215. The van der Waals surface area contributed by atoms with Crippen molar-refractivity contribution in [1.82, 2.24) is 5.32 Å². The number of carbonyl (C=O) groups is 1. The monoisotopic (exact) mass is 213 g/mol. The number of carboxylic acids is 1. The minimum atomic E-state index is -5.08. The molecule has 1 rings (SSSR count). The van der Waals surface area contributed by atoms with Gasteiger partial charge in [0.2, 0.25) is 0 Å². The second-order valence-electron chi connectivity index (χ2n) is 2.43. The topological polar surface area (TPSA) is 69.6 Å². The lowest BCUT2D eigenvalue weighted by Gasteiger charge is -2.00. The van der Waals surface area contributed by atoms with Gasteiger partial charge in [0.05, 0.1) is 6.61 Å². The summed E-state index contributed by atoms with van der Waals surface area (Å²) in [6, 6.07) is 0.222. The van der Waals surface area contributed by atoms with Crippen molar-refractivity contribution in [2.24, 2.45) is 0 Å². The number of aliphatic hydroxyl groups is 1. The van der Waals surface area contributed by atoms with Crippen molar-refractivity contribution < 1.29 is 28.2 Å². The van der Waals surface area contributed by atoms with Crippen molar-refractivity contribution in [1.29, 1.82) is 0 Å². The van der Waals surface area contributed by atoms with Gasteiger partial charge in [-0.1, -0.05) is 12.2 Å². The van der Waals surface area contributed by atoms with E-state index in [-0.39, 0.29) is 12.6 Å². The van der Waals surface area contributed by atoms with Crippen LogP contribution in [-0.4, -0.2) is 41.6 Å². The van der Waals surface area contributed by atoms with E-state index in [9.17, 15) is 13.2 Å². The van der Waals surface area contributed by atoms with Gasteiger partial charge in [-0.3, -0.25) is 0 Å². The maximum atomic E-state index is 10.6. The van der Waals surface area contributed by atoms with Gasteiger partial charge in [-0.2, -0.15) is 13.2 Å². The number of hydrogen-bond acceptors (Lipinski definition) is 3. The molecule has 1 heterocycles. The minimum absolute atomic E-state index is 0.219. The van der Waals surface area contributed by atoms with Gasteiger partial charge in [0.15, 0.2) is 0 Å². The molecule has 0 unspecified atom stereocenters. The summed E-state index contributed by atoms with van der Waals surface area (Å²) in [5.74, 6) is -2.76. The summed E-state index contributed by atoms with van der Waals surface area (Å²) in [6.07, 6.45) is -1.10. The lowest BCUT2D eigenvalue weighted by Crippen LogP contribution is -2.25. The molecule has 0 saturated heterocycles. The van der Waals surface area contributed by atoms with Crippen LogP contribution < -0.4 is 5.32 Å². The van der Waals surface area contributed by atoms with Crippen LogP contribution >= 0.6 is 0 Å². The molecule has 1 aliphatic heterocycles. The predicted octanol–water partition coefficient (Wildman–Crippen LogP) is 0.140. The molecule has 0 fully saturated rings. The van der Waals surface area contributed by atoms with Crippen LogP contribution in [0.3, 0.4) is 0 Å². The Labute approximate surface area is 78.0 Å². The molecular formula is C7H10F3NO3. The number of carboxylic acid groups (broad SMARTS) is 1. The van der Waals surface area contributed by atoms with Gasteiger partial charge < -0.3 is 15.5 Å². The Kier molecular flexibility index (Phi) is 5.18. The van der Waals surface area contributed by atoms with Gasteiger partial charge >= 0.3 is 12.1 Å². The van der Waals surface area contributed by atoms with Crippen LogP contribution in [0.5, 0.6) is 0 Å². The van der Waals surface area contributed by atoms with Crippen LogP contribution in [0, 0.1) is 0 Å². The maximum absolute atomic E-state index is 10.6. The average molecular weight is 213 g/mol. The number of alkyl halides is 3. The van der Waals surface area contributed by atoms with E-state index in [2.05, 4.69) is 5.32 Å². The molecule has 0 aromatic heterocycles. The maximum Gasteiger partial charge on any atom is 0.490 e. The number of rotatable bonds is 1. The van der Waals surface area contributed by atoms with E-state index in [4.69, 9.17) is 15.0 Å². The molecule has 7 heteroatoms. The van der Waals surface area contributed by atoms with Crippen LogP contribution in [0.4, 0.5) is 13.2 Å². The second-order valence-corrected chi connectivity index (χ2v) is 2.43. The summed E-state index contributed by atoms with van der Waals surface area (Å²) in [7, 11) is 0. The minimum Gasteiger partial charge on any atom is -0.475 e. The first-order valence-electron chi connectivity index (χ1n) is 3.69. The lowest BCUT2D eigenvalue weighted by atomic mass is 10.3. The number of halogens is 3. The summed E-state index contributed by atoms with van der Waals surface area (Å²) in [5.41, 5.74) is 0.